The molecule has 0 aromatic heterocycles. The van der Waals surface area contributed by atoms with Gasteiger partial charge >= 0.3 is 6.03 Å². The summed E-state index contributed by atoms with van der Waals surface area (Å²) < 4.78 is 41.9. The van der Waals surface area contributed by atoms with E-state index < -0.39 is 17.3 Å². The van der Waals surface area contributed by atoms with Crippen molar-refractivity contribution >= 4 is 30.0 Å². The fourth-order valence-electron chi connectivity index (χ4n) is 6.01. The van der Waals surface area contributed by atoms with Gasteiger partial charge in [-0.25, -0.2) is 18.0 Å². The van der Waals surface area contributed by atoms with Gasteiger partial charge in [-0.2, -0.15) is 0 Å². The van der Waals surface area contributed by atoms with Crippen molar-refractivity contribution in [1.29, 1.82) is 0 Å². The van der Waals surface area contributed by atoms with E-state index in [1.807, 2.05) is 18.2 Å². The summed E-state index contributed by atoms with van der Waals surface area (Å²) in [5.74, 6) is -2.63. The van der Waals surface area contributed by atoms with Gasteiger partial charge in [-0.1, -0.05) is 36.4 Å². The molecule has 5 rings (SSSR count). The number of hydrogen-bond donors (Lipinski definition) is 2. The number of anilines is 1. The number of nitrogens with one attached hydrogen (secondary N) is 2. The number of amides is 2. The molecular formula is C27H32ClF3N4O. The Kier molecular flexibility index (Phi) is 7.67. The van der Waals surface area contributed by atoms with Crippen LogP contribution in [0, 0.1) is 11.7 Å². The predicted octanol–water partition coefficient (Wildman–Crippen LogP) is 5.73. The highest BCUT2D eigenvalue weighted by atomic mass is 35.5. The van der Waals surface area contributed by atoms with Gasteiger partial charge in [0.2, 0.25) is 5.92 Å². The van der Waals surface area contributed by atoms with Gasteiger partial charge in [0.15, 0.2) is 0 Å². The Morgan fingerprint density at radius 3 is 2.47 bits per heavy atom. The van der Waals surface area contributed by atoms with Crippen LogP contribution in [0.3, 0.4) is 0 Å². The quantitative estimate of drug-likeness (QED) is 0.540. The van der Waals surface area contributed by atoms with E-state index in [-0.39, 0.29) is 62.1 Å². The average Bonchev–Trinajstić information content (AvgIpc) is 3.09. The average molecular weight is 521 g/mol. The lowest BCUT2D eigenvalue weighted by Crippen LogP contribution is -2.65. The van der Waals surface area contributed by atoms with Crippen LogP contribution in [0.15, 0.2) is 59.6 Å². The third-order valence-electron chi connectivity index (χ3n) is 7.79. The largest absolute Gasteiger partial charge is 0.328 e. The van der Waals surface area contributed by atoms with E-state index in [0.717, 1.165) is 5.56 Å². The van der Waals surface area contributed by atoms with Crippen molar-refractivity contribution in [2.24, 2.45) is 10.9 Å². The van der Waals surface area contributed by atoms with Gasteiger partial charge in [0.1, 0.15) is 17.2 Å². The first-order valence-electron chi connectivity index (χ1n) is 12.4. The maximum absolute atomic E-state index is 14.3. The van der Waals surface area contributed by atoms with E-state index in [4.69, 9.17) is 4.99 Å². The molecule has 2 amide bonds. The molecule has 2 aliphatic heterocycles. The molecule has 3 aliphatic rings. The second kappa shape index (κ2) is 10.4. The second-order valence-electron chi connectivity index (χ2n) is 10.0. The predicted molar refractivity (Wildman–Crippen MR) is 138 cm³/mol. The molecule has 1 spiro atoms. The molecule has 1 saturated carbocycles. The number of carbonyl (C=O) groups is 1. The highest BCUT2D eigenvalue weighted by molar-refractivity contribution is 6.19. The number of hydrogen-bond acceptors (Lipinski definition) is 3. The smallest absolute Gasteiger partial charge is 0.314 e. The molecule has 36 heavy (non-hydrogen) atoms. The van der Waals surface area contributed by atoms with Crippen LogP contribution >= 0.6 is 12.4 Å². The second-order valence-corrected chi connectivity index (χ2v) is 10.0. The van der Waals surface area contributed by atoms with E-state index in [0.29, 0.717) is 30.9 Å². The topological polar surface area (TPSA) is 56.7 Å². The Balaban J connectivity index is 0.00000304. The summed E-state index contributed by atoms with van der Waals surface area (Å²) in [6.07, 6.45) is 1.41. The SMILES string of the molecule is CC1NCCC2(C(=NC3CCC(F)(F)CC3)NC(=O)N2c2cccc(F)c2)C1Cc1ccccc1.Cl. The summed E-state index contributed by atoms with van der Waals surface area (Å²) in [5.41, 5.74) is 0.753. The van der Waals surface area contributed by atoms with Gasteiger partial charge in [0, 0.05) is 30.5 Å². The Bertz CT molecular complexity index is 1110. The zero-order chi connectivity index (χ0) is 24.6. The van der Waals surface area contributed by atoms with Gasteiger partial charge < -0.3 is 5.32 Å². The molecule has 2 saturated heterocycles. The van der Waals surface area contributed by atoms with Crippen LogP contribution in [0.1, 0.15) is 44.6 Å². The first kappa shape index (κ1) is 26.5. The maximum Gasteiger partial charge on any atom is 0.328 e. The molecule has 3 unspecified atom stereocenters. The van der Waals surface area contributed by atoms with E-state index >= 15 is 0 Å². The fraction of sp³-hybridized carbons (Fsp3) is 0.481. The van der Waals surface area contributed by atoms with Gasteiger partial charge in [0.25, 0.3) is 0 Å². The summed E-state index contributed by atoms with van der Waals surface area (Å²) >= 11 is 0. The van der Waals surface area contributed by atoms with Crippen molar-refractivity contribution in [2.75, 3.05) is 11.4 Å². The molecule has 5 nitrogen and oxygen atoms in total. The highest BCUT2D eigenvalue weighted by Crippen LogP contribution is 2.44. The minimum Gasteiger partial charge on any atom is -0.314 e. The lowest BCUT2D eigenvalue weighted by Gasteiger charge is -2.49. The number of alkyl halides is 2. The number of rotatable bonds is 4. The molecular weight excluding hydrogens is 489 g/mol. The number of benzene rings is 2. The van der Waals surface area contributed by atoms with Gasteiger partial charge in [-0.3, -0.25) is 15.2 Å². The molecule has 1 aliphatic carbocycles. The summed E-state index contributed by atoms with van der Waals surface area (Å²) in [5, 5.41) is 6.53. The minimum atomic E-state index is -2.65. The third-order valence-corrected chi connectivity index (χ3v) is 7.79. The number of carbonyl (C=O) groups excluding carboxylic acids is 1. The van der Waals surface area contributed by atoms with Crippen LogP contribution < -0.4 is 15.5 Å². The number of piperidine rings is 1. The molecule has 3 atom stereocenters. The summed E-state index contributed by atoms with van der Waals surface area (Å²) in [7, 11) is 0. The molecule has 2 heterocycles. The van der Waals surface area contributed by atoms with Crippen molar-refractivity contribution in [3.8, 4) is 0 Å². The molecule has 9 heteroatoms. The standard InChI is InChI=1S/C27H31F3N4O.ClH/c1-18-23(16-19-6-3-2-4-7-19)27(14-15-31-18)24(32-21-10-12-26(29,30)13-11-21)33-25(35)34(27)22-9-5-8-20(28)17-22;/h2-9,17-18,21,23,31H,10-16H2,1H3,(H,32,33,35);1H. The van der Waals surface area contributed by atoms with Crippen molar-refractivity contribution in [3.05, 3.63) is 66.0 Å². The number of halogens is 4. The number of aliphatic imine (C=N–C) groups is 1. The minimum absolute atomic E-state index is 0. The molecule has 2 N–H and O–H groups in total. The van der Waals surface area contributed by atoms with Crippen LogP contribution in [0.4, 0.5) is 23.7 Å². The van der Waals surface area contributed by atoms with Crippen molar-refractivity contribution in [3.63, 3.8) is 0 Å². The normalized spacial score (nSPS) is 29.3. The lowest BCUT2D eigenvalue weighted by molar-refractivity contribution is -0.0374. The molecule has 0 radical (unpaired) electrons. The molecule has 2 aromatic carbocycles. The van der Waals surface area contributed by atoms with Crippen LogP contribution in [-0.4, -0.2) is 42.0 Å². The maximum atomic E-state index is 14.3. The van der Waals surface area contributed by atoms with Crippen LogP contribution in [0.2, 0.25) is 0 Å². The Hall–Kier alpha value is -2.58. The summed E-state index contributed by atoms with van der Waals surface area (Å²) in [6, 6.07) is 15.5. The number of urea groups is 1. The van der Waals surface area contributed by atoms with E-state index in [9.17, 15) is 18.0 Å². The van der Waals surface area contributed by atoms with E-state index in [1.165, 1.54) is 12.1 Å². The molecule has 2 aromatic rings. The van der Waals surface area contributed by atoms with Gasteiger partial charge in [0.05, 0.1) is 6.04 Å². The third kappa shape index (κ3) is 4.98. The zero-order valence-electron chi connectivity index (χ0n) is 20.2. The molecule has 3 fully saturated rings. The summed E-state index contributed by atoms with van der Waals surface area (Å²) in [4.78, 5) is 20.1. The Morgan fingerprint density at radius 2 is 1.78 bits per heavy atom. The van der Waals surface area contributed by atoms with Crippen LogP contribution in [0.5, 0.6) is 0 Å². The fourth-order valence-corrected chi connectivity index (χ4v) is 6.01. The van der Waals surface area contributed by atoms with Crippen molar-refractivity contribution in [2.45, 2.75) is 69.0 Å². The van der Waals surface area contributed by atoms with Crippen molar-refractivity contribution < 1.29 is 18.0 Å². The zero-order valence-corrected chi connectivity index (χ0v) is 21.0. The molecule has 0 bridgehead atoms. The molecule has 194 valence electrons. The van der Waals surface area contributed by atoms with Crippen LogP contribution in [-0.2, 0) is 6.42 Å². The number of nitrogens with zero attached hydrogens (tertiary/aromatic N) is 2. The first-order valence-corrected chi connectivity index (χ1v) is 12.4. The lowest BCUT2D eigenvalue weighted by atomic mass is 9.70. The monoisotopic (exact) mass is 520 g/mol. The highest BCUT2D eigenvalue weighted by Gasteiger charge is 2.59. The Morgan fingerprint density at radius 1 is 1.06 bits per heavy atom. The van der Waals surface area contributed by atoms with E-state index in [1.54, 1.807) is 17.0 Å². The van der Waals surface area contributed by atoms with Gasteiger partial charge in [-0.15, -0.1) is 12.4 Å². The first-order chi connectivity index (χ1) is 16.8. The number of amidine groups is 1. The van der Waals surface area contributed by atoms with E-state index in [2.05, 4.69) is 29.7 Å². The summed E-state index contributed by atoms with van der Waals surface area (Å²) in [6.45, 7) is 2.74. The van der Waals surface area contributed by atoms with Gasteiger partial charge in [-0.05, 0) is 62.9 Å². The van der Waals surface area contributed by atoms with Crippen molar-refractivity contribution in [1.82, 2.24) is 10.6 Å². The Labute approximate surface area is 216 Å². The van der Waals surface area contributed by atoms with Crippen LogP contribution in [0.25, 0.3) is 0 Å².